The van der Waals surface area contributed by atoms with E-state index < -0.39 is 0 Å². The van der Waals surface area contributed by atoms with Crippen LogP contribution in [0.5, 0.6) is 0 Å². The minimum atomic E-state index is 0.627. The molecule has 0 aliphatic carbocycles. The smallest absolute Gasteiger partial charge is 0.00823 e. The topological polar surface area (TPSA) is 4.93 Å². The highest BCUT2D eigenvalue weighted by molar-refractivity contribution is 5.23. The van der Waals surface area contributed by atoms with E-state index in [2.05, 4.69) is 26.1 Å². The fraction of sp³-hybridized carbons (Fsp3) is 0.333. The first kappa shape index (κ1) is 7.13. The molecule has 0 saturated heterocycles. The van der Waals surface area contributed by atoms with E-state index in [1.807, 2.05) is 29.1 Å². The lowest BCUT2D eigenvalue weighted by Crippen LogP contribution is -1.82. The lowest BCUT2D eigenvalue weighted by molar-refractivity contribution is 0.831. The fourth-order valence-electron chi connectivity index (χ4n) is 0.719. The van der Waals surface area contributed by atoms with E-state index in [9.17, 15) is 0 Å². The van der Waals surface area contributed by atoms with Crippen molar-refractivity contribution in [2.75, 3.05) is 0 Å². The van der Waals surface area contributed by atoms with Crippen molar-refractivity contribution in [3.63, 3.8) is 0 Å². The largest absolute Gasteiger partial charge is 0.331 e. The fourth-order valence-corrected chi connectivity index (χ4v) is 0.719. The molecule has 0 fully saturated rings. The second-order valence-electron chi connectivity index (χ2n) is 2.72. The number of aromatic nitrogens is 1. The first-order valence-electron chi connectivity index (χ1n) is 3.60. The van der Waals surface area contributed by atoms with Crippen LogP contribution in [-0.2, 0) is 0 Å². The minimum Gasteiger partial charge on any atom is -0.331 e. The highest BCUT2D eigenvalue weighted by atomic mass is 14.9. The van der Waals surface area contributed by atoms with Crippen LogP contribution >= 0.6 is 0 Å². The van der Waals surface area contributed by atoms with Gasteiger partial charge < -0.3 is 4.57 Å². The van der Waals surface area contributed by atoms with E-state index in [1.165, 1.54) is 0 Å². The summed E-state index contributed by atoms with van der Waals surface area (Å²) < 4.78 is 2.04. The van der Waals surface area contributed by atoms with Gasteiger partial charge in [-0.1, -0.05) is 19.9 Å². The molecule has 0 aromatic carbocycles. The highest BCUT2D eigenvalue weighted by Crippen LogP contribution is 1.97. The normalized spacial score (nSPS) is 11.5. The lowest BCUT2D eigenvalue weighted by Gasteiger charge is -1.94. The zero-order valence-corrected chi connectivity index (χ0v) is 6.49. The molecular weight excluding hydrogens is 122 g/mol. The standard InChI is InChI=1S/C9H13N/c1-9(2)5-8-10-6-3-4-7-10/h3-9H,1-2H3. The summed E-state index contributed by atoms with van der Waals surface area (Å²) in [7, 11) is 0. The van der Waals surface area contributed by atoms with E-state index in [0.717, 1.165) is 0 Å². The molecular formula is C9H13N. The first-order valence-corrected chi connectivity index (χ1v) is 3.60. The Morgan fingerprint density at radius 1 is 1.20 bits per heavy atom. The van der Waals surface area contributed by atoms with Crippen molar-refractivity contribution >= 4 is 6.20 Å². The van der Waals surface area contributed by atoms with E-state index in [0.29, 0.717) is 5.92 Å². The van der Waals surface area contributed by atoms with E-state index in [4.69, 9.17) is 0 Å². The third kappa shape index (κ3) is 2.09. The van der Waals surface area contributed by atoms with Gasteiger partial charge in [0.1, 0.15) is 0 Å². The maximum absolute atomic E-state index is 2.17. The Hall–Kier alpha value is -0.980. The summed E-state index contributed by atoms with van der Waals surface area (Å²) in [5.41, 5.74) is 0. The average Bonchev–Trinajstić information content (AvgIpc) is 2.34. The molecule has 1 rings (SSSR count). The van der Waals surface area contributed by atoms with E-state index >= 15 is 0 Å². The summed E-state index contributed by atoms with van der Waals surface area (Å²) >= 11 is 0. The highest BCUT2D eigenvalue weighted by Gasteiger charge is 1.82. The summed E-state index contributed by atoms with van der Waals surface area (Å²) in [5.74, 6) is 0.627. The van der Waals surface area contributed by atoms with Crippen LogP contribution in [0.1, 0.15) is 13.8 Å². The molecule has 0 spiro atoms. The molecule has 0 aliphatic heterocycles. The molecule has 0 amide bonds. The van der Waals surface area contributed by atoms with Crippen molar-refractivity contribution in [3.05, 3.63) is 30.6 Å². The molecule has 0 saturated carbocycles. The summed E-state index contributed by atoms with van der Waals surface area (Å²) in [6.45, 7) is 4.33. The molecule has 0 atom stereocenters. The maximum Gasteiger partial charge on any atom is 0.00823 e. The Morgan fingerprint density at radius 3 is 2.30 bits per heavy atom. The second kappa shape index (κ2) is 3.25. The van der Waals surface area contributed by atoms with Gasteiger partial charge in [-0.3, -0.25) is 0 Å². The maximum atomic E-state index is 2.17. The zero-order chi connectivity index (χ0) is 7.40. The van der Waals surface area contributed by atoms with Gasteiger partial charge >= 0.3 is 0 Å². The summed E-state index contributed by atoms with van der Waals surface area (Å²) in [4.78, 5) is 0. The van der Waals surface area contributed by atoms with Crippen LogP contribution in [0, 0.1) is 5.92 Å². The quantitative estimate of drug-likeness (QED) is 0.587. The molecule has 0 radical (unpaired) electrons. The van der Waals surface area contributed by atoms with Crippen molar-refractivity contribution in [2.45, 2.75) is 13.8 Å². The Balaban J connectivity index is 2.55. The molecule has 0 unspecified atom stereocenters. The van der Waals surface area contributed by atoms with Crippen LogP contribution in [0.3, 0.4) is 0 Å². The Bertz CT molecular complexity index is 195. The SMILES string of the molecule is CC(C)C=Cn1cccc1. The average molecular weight is 135 g/mol. The summed E-state index contributed by atoms with van der Waals surface area (Å²) in [6, 6.07) is 4.04. The molecule has 54 valence electrons. The molecule has 0 aliphatic rings. The molecule has 0 bridgehead atoms. The van der Waals surface area contributed by atoms with E-state index in [1.54, 1.807) is 0 Å². The van der Waals surface area contributed by atoms with Gasteiger partial charge in [0.05, 0.1) is 0 Å². The predicted octanol–water partition coefficient (Wildman–Crippen LogP) is 2.61. The van der Waals surface area contributed by atoms with Gasteiger partial charge in [0, 0.05) is 18.6 Å². The van der Waals surface area contributed by atoms with Gasteiger partial charge in [0.2, 0.25) is 0 Å². The van der Waals surface area contributed by atoms with E-state index in [-0.39, 0.29) is 0 Å². The van der Waals surface area contributed by atoms with Gasteiger partial charge in [0.25, 0.3) is 0 Å². The lowest BCUT2D eigenvalue weighted by atomic mass is 10.2. The number of allylic oxidation sites excluding steroid dienone is 1. The van der Waals surface area contributed by atoms with Crippen LogP contribution in [0.15, 0.2) is 30.6 Å². The molecule has 1 heteroatoms. The van der Waals surface area contributed by atoms with Gasteiger partial charge in [0.15, 0.2) is 0 Å². The van der Waals surface area contributed by atoms with Gasteiger partial charge in [-0.25, -0.2) is 0 Å². The molecule has 1 nitrogen and oxygen atoms in total. The zero-order valence-electron chi connectivity index (χ0n) is 6.49. The van der Waals surface area contributed by atoms with Crippen LogP contribution in [0.25, 0.3) is 6.20 Å². The Morgan fingerprint density at radius 2 is 1.80 bits per heavy atom. The van der Waals surface area contributed by atoms with Crippen molar-refractivity contribution < 1.29 is 0 Å². The molecule has 1 heterocycles. The van der Waals surface area contributed by atoms with Gasteiger partial charge in [-0.15, -0.1) is 0 Å². The second-order valence-corrected chi connectivity index (χ2v) is 2.72. The number of hydrogen-bond acceptors (Lipinski definition) is 0. The third-order valence-electron chi connectivity index (χ3n) is 1.27. The molecule has 10 heavy (non-hydrogen) atoms. The number of nitrogens with zero attached hydrogens (tertiary/aromatic N) is 1. The summed E-state index contributed by atoms with van der Waals surface area (Å²) in [6.07, 6.45) is 8.29. The van der Waals surface area contributed by atoms with Crippen LogP contribution < -0.4 is 0 Å². The molecule has 1 aromatic heterocycles. The Kier molecular flexibility index (Phi) is 2.32. The van der Waals surface area contributed by atoms with Gasteiger partial charge in [-0.05, 0) is 18.1 Å². The molecule has 1 aromatic rings. The van der Waals surface area contributed by atoms with Crippen molar-refractivity contribution in [2.24, 2.45) is 5.92 Å². The number of hydrogen-bond donors (Lipinski definition) is 0. The van der Waals surface area contributed by atoms with Gasteiger partial charge in [-0.2, -0.15) is 0 Å². The monoisotopic (exact) mass is 135 g/mol. The van der Waals surface area contributed by atoms with Crippen molar-refractivity contribution in [1.29, 1.82) is 0 Å². The van der Waals surface area contributed by atoms with Crippen molar-refractivity contribution in [1.82, 2.24) is 4.57 Å². The number of rotatable bonds is 2. The predicted molar refractivity (Wildman–Crippen MR) is 44.6 cm³/mol. The third-order valence-corrected chi connectivity index (χ3v) is 1.27. The Labute approximate surface area is 62.0 Å². The first-order chi connectivity index (χ1) is 4.79. The summed E-state index contributed by atoms with van der Waals surface area (Å²) in [5, 5.41) is 0. The molecule has 0 N–H and O–H groups in total. The minimum absolute atomic E-state index is 0.627. The van der Waals surface area contributed by atoms with Crippen molar-refractivity contribution in [3.8, 4) is 0 Å². The van der Waals surface area contributed by atoms with Crippen LogP contribution in [0.2, 0.25) is 0 Å². The van der Waals surface area contributed by atoms with Crippen LogP contribution in [-0.4, -0.2) is 4.57 Å². The van der Waals surface area contributed by atoms with Crippen LogP contribution in [0.4, 0.5) is 0 Å².